The standard InChI is InChI=1S/C13H17BO4.C11H8N2O2.C4H3BrN2.I21/c1-12(2)13(3,4)18-14(17-12)10-7-5-6-9(8-10)11(15)16;14-11(15)9-3-1-2-8(4-9)10-5-12-7-13-6-10;5-4-1-6-3-7-2-4;1-12-14(4)16(6)18(8)20(10)21(11)19(9)17(7)15(5)13(2)3/h5-8H,1-4H3,(H,15,16);1-7H,(H,14,15);1-3H;/q;;;-1. The van der Waals surface area contributed by atoms with Crippen molar-refractivity contribution in [1.82, 2.24) is 19.9 Å². The largest absolute Gasteiger partial charge is 0.478 e. The van der Waals surface area contributed by atoms with Gasteiger partial charge in [-0.15, -0.1) is 0 Å². The fraction of sp³-hybridized carbons (Fsp3) is 0.214. The van der Waals surface area contributed by atoms with Gasteiger partial charge in [0.15, 0.2) is 0 Å². The molecule has 2 N–H and O–H groups in total. The van der Waals surface area contributed by atoms with Crippen LogP contribution in [-0.2, 0) is 9.31 Å². The van der Waals surface area contributed by atoms with E-state index in [0.29, 0.717) is 13.3 Å². The molecule has 1 aliphatic heterocycles. The van der Waals surface area contributed by atoms with Gasteiger partial charge in [0, 0.05) is 30.4 Å². The summed E-state index contributed by atoms with van der Waals surface area (Å²) in [6.45, 7) is 7.87. The van der Waals surface area contributed by atoms with Crippen molar-refractivity contribution < 1.29 is 42.4 Å². The van der Waals surface area contributed by atoms with Gasteiger partial charge in [-0.05, 0) is 78.9 Å². The van der Waals surface area contributed by atoms with E-state index in [-0.39, 0.29) is 42.7 Å². The Hall–Kier alpha value is 11.3. The number of carbonyl (C=O) groups is 2. The van der Waals surface area contributed by atoms with Crippen molar-refractivity contribution in [2.45, 2.75) is 38.9 Å². The van der Waals surface area contributed by atoms with Crippen LogP contribution in [0.5, 0.6) is 0 Å². The summed E-state index contributed by atoms with van der Waals surface area (Å²) in [5.41, 5.74) is 2.00. The molecule has 5 rings (SSSR count). The van der Waals surface area contributed by atoms with Crippen LogP contribution in [0.2, 0.25) is 0 Å². The fourth-order valence-electron chi connectivity index (χ4n) is 3.59. The maximum Gasteiger partial charge on any atom is 0.335 e. The number of aromatic nitrogens is 4. The monoisotopic (exact) mass is 3270 g/mol. The van der Waals surface area contributed by atoms with Crippen molar-refractivity contribution in [3.05, 3.63) is 102 Å². The third kappa shape index (κ3) is 25.3. The first-order valence-electron chi connectivity index (χ1n) is 14.9. The summed E-state index contributed by atoms with van der Waals surface area (Å²) in [5, 5.41) is 17.8. The topological polar surface area (TPSA) is 145 Å². The number of benzene rings is 2. The average Bonchev–Trinajstić information content (AvgIpc) is 3.48. The summed E-state index contributed by atoms with van der Waals surface area (Å²) in [7, 11) is -4.03. The fourth-order valence-corrected chi connectivity index (χ4v) is 3150. The van der Waals surface area contributed by atoms with Crippen molar-refractivity contribution >= 4 is 316 Å². The van der Waals surface area contributed by atoms with Gasteiger partial charge < -0.3 is 19.5 Å². The average molecular weight is 3270 g/mol. The van der Waals surface area contributed by atoms with Crippen LogP contribution in [0.1, 0.15) is 48.4 Å². The minimum Gasteiger partial charge on any atom is -0.478 e. The normalized spacial score (nSPS) is 15.7. The molecule has 0 radical (unpaired) electrons. The second-order valence-corrected chi connectivity index (χ2v) is 467. The Balaban J connectivity index is 0.000000293. The summed E-state index contributed by atoms with van der Waals surface area (Å²) in [6, 6.07) is 13.3. The van der Waals surface area contributed by atoms with Gasteiger partial charge in [0.1, 0.15) is 12.7 Å². The van der Waals surface area contributed by atoms with Gasteiger partial charge in [0.25, 0.3) is 0 Å². The third-order valence-corrected chi connectivity index (χ3v) is 1410. The minimum atomic E-state index is -0.951. The zero-order valence-corrected chi connectivity index (χ0v) is 77.2. The van der Waals surface area contributed by atoms with Gasteiger partial charge in [-0.2, -0.15) is 0 Å². The van der Waals surface area contributed by atoms with Crippen molar-refractivity contribution in [2.24, 2.45) is 0 Å². The van der Waals surface area contributed by atoms with E-state index >= 15 is 0 Å². The van der Waals surface area contributed by atoms with E-state index in [9.17, 15) is 9.59 Å². The van der Waals surface area contributed by atoms with Crippen LogP contribution in [0, 0.1) is 0 Å². The second kappa shape index (κ2) is 36.5. The molecule has 4 aromatic rings. The van der Waals surface area contributed by atoms with Gasteiger partial charge in [-0.25, -0.2) is 29.5 Å². The number of carboxylic acid groups (broad SMARTS) is 2. The number of aromatic carboxylic acids is 2. The van der Waals surface area contributed by atoms with E-state index in [1.165, 1.54) is 12.7 Å². The molecule has 10 nitrogen and oxygen atoms in total. The summed E-state index contributed by atoms with van der Waals surface area (Å²) in [5.74, 6) is -1.89. The van der Waals surface area contributed by atoms with E-state index in [4.69, 9.17) is 19.5 Å². The van der Waals surface area contributed by atoms with Crippen LogP contribution in [0.3, 0.4) is 0 Å². The predicted molar refractivity (Wildman–Crippen MR) is 434 cm³/mol. The minimum absolute atomic E-state index is 0.238. The molecule has 354 valence electrons. The second-order valence-electron chi connectivity index (χ2n) is 11.1. The first-order valence-corrected chi connectivity index (χ1v) is 141. The first kappa shape index (κ1) is 68.4. The summed E-state index contributed by atoms with van der Waals surface area (Å²) in [6.07, 6.45) is 9.59. The molecule has 0 aliphatic carbocycles. The molecule has 1 fully saturated rings. The summed E-state index contributed by atoms with van der Waals surface area (Å²) in [4.78, 5) is 36.9. The Morgan fingerprint density at radius 3 is 1.44 bits per heavy atom. The number of hydrogen-bond acceptors (Lipinski definition) is 8. The Labute approximate surface area is 512 Å². The van der Waals surface area contributed by atoms with Gasteiger partial charge in [-0.1, -0.05) is 24.3 Å². The number of hydrogen-bond donors (Lipinski definition) is 2. The van der Waals surface area contributed by atoms with Crippen LogP contribution in [0.25, 0.3) is 11.1 Å². The van der Waals surface area contributed by atoms with E-state index in [1.54, 1.807) is 61.2 Å². The van der Waals surface area contributed by atoms with Gasteiger partial charge >= 0.3 is 308 Å². The predicted octanol–water partition coefficient (Wildman–Crippen LogP) is 19.5. The molecule has 0 spiro atoms. The molecule has 0 saturated carbocycles. The molecule has 2 aromatic carbocycles. The molecule has 0 bridgehead atoms. The van der Waals surface area contributed by atoms with Gasteiger partial charge in [0.05, 0.1) is 26.8 Å². The van der Waals surface area contributed by atoms with Crippen LogP contribution in [0.4, 0.5) is 0 Å². The van der Waals surface area contributed by atoms with Crippen molar-refractivity contribution in [1.29, 1.82) is 0 Å². The number of rotatable bonds is 13. The molecular weight excluding hydrogens is 3240 g/mol. The first-order chi connectivity index (χ1) is 28.4. The molecule has 61 heavy (non-hydrogen) atoms. The number of halogens is 22. The van der Waals surface area contributed by atoms with Crippen LogP contribution in [-0.4, -0.2) is 60.4 Å². The molecule has 1 aliphatic rings. The molecule has 0 atom stereocenters. The van der Waals surface area contributed by atoms with E-state index < -0.39 is 69.7 Å². The van der Waals surface area contributed by atoms with Gasteiger partial charge in [0.2, 0.25) is 0 Å². The quantitative estimate of drug-likeness (QED) is 0.0980. The molecule has 33 heteroatoms. The molecule has 1 saturated heterocycles. The maximum absolute atomic E-state index is 10.9. The number of nitrogens with zero attached hydrogens (tertiary/aromatic N) is 4. The Morgan fingerprint density at radius 1 is 0.623 bits per heavy atom. The van der Waals surface area contributed by atoms with Crippen LogP contribution >= 0.6 is 292 Å². The summed E-state index contributed by atoms with van der Waals surface area (Å²) < 4.78 is 12.7. The van der Waals surface area contributed by atoms with Crippen LogP contribution < -0.4 is 18.7 Å². The Kier molecular flexibility index (Phi) is 40.9. The van der Waals surface area contributed by atoms with E-state index in [2.05, 4.69) is 241 Å². The third-order valence-electron chi connectivity index (χ3n) is 6.89. The Morgan fingerprint density at radius 2 is 1.03 bits per heavy atom. The van der Waals surface area contributed by atoms with Gasteiger partial charge in [-0.3, -0.25) is 0 Å². The molecule has 2 aromatic heterocycles. The zero-order valence-electron chi connectivity index (χ0n) is 30.3. The number of carboxylic acids is 2. The molecule has 0 unspecified atom stereocenters. The molecule has 0 amide bonds. The van der Waals surface area contributed by atoms with E-state index in [0.717, 1.165) is 21.1 Å². The molecular formula is C28H28BBrI21N4O6-. The van der Waals surface area contributed by atoms with Crippen molar-refractivity contribution in [2.75, 3.05) is 0 Å². The SMILES string of the molecule is Brc1cncnc1.CC1(C)OB(c2cccc(C(=O)O)c2)OC1(C)C.I[I-]I(I)I(I)I(I)I(I)I(I)I(I)I(I)I(I)I(I)I.O=C(O)c1cccc(-c2cncnc2)c1. The smallest absolute Gasteiger partial charge is 0.335 e. The molecule has 3 heterocycles. The Bertz CT molecular complexity index is 1950. The van der Waals surface area contributed by atoms with Crippen molar-refractivity contribution in [3.63, 3.8) is 0 Å². The zero-order chi connectivity index (χ0) is 46.2. The summed E-state index contributed by atoms with van der Waals surface area (Å²) >= 11 is 37.4. The maximum atomic E-state index is 10.9. The van der Waals surface area contributed by atoms with E-state index in [1.807, 2.05) is 39.8 Å². The van der Waals surface area contributed by atoms with Crippen LogP contribution in [0.15, 0.2) is 90.4 Å². The van der Waals surface area contributed by atoms with Crippen molar-refractivity contribution in [3.8, 4) is 11.1 Å².